The highest BCUT2D eigenvalue weighted by Gasteiger charge is 2.03. The lowest BCUT2D eigenvalue weighted by atomic mass is 10.0. The maximum atomic E-state index is 10.8. The molecular weight excluding hydrogens is 238 g/mol. The predicted molar refractivity (Wildman–Crippen MR) is 78.0 cm³/mol. The topological polar surface area (TPSA) is 38.7 Å². The molecule has 0 amide bonds. The van der Waals surface area contributed by atoms with E-state index in [0.29, 0.717) is 0 Å². The quantitative estimate of drug-likeness (QED) is 0.322. The van der Waals surface area contributed by atoms with Gasteiger partial charge < -0.3 is 4.84 Å². The Bertz CT molecular complexity index is 449. The summed E-state index contributed by atoms with van der Waals surface area (Å²) in [5, 5.41) is 3.94. The average molecular weight is 259 g/mol. The molecule has 0 atom stereocenters. The number of carbonyl (C=O) groups is 1. The zero-order valence-corrected chi connectivity index (χ0v) is 11.7. The molecule has 0 aliphatic heterocycles. The van der Waals surface area contributed by atoms with Gasteiger partial charge in [-0.05, 0) is 38.2 Å². The third kappa shape index (κ3) is 7.19. The summed E-state index contributed by atoms with van der Waals surface area (Å²) < 4.78 is 0. The number of carbonyl (C=O) groups excluding carboxylic acids is 1. The number of benzene rings is 1. The standard InChI is InChI=1S/C16H21NO2/c1-13(2)9-11-16(17-19-14(3)18)12-10-15-7-5-4-6-8-15/h4-8H,1,9-12H2,2-3H3/b17-16-. The summed E-state index contributed by atoms with van der Waals surface area (Å²) in [7, 11) is 0. The van der Waals surface area contributed by atoms with Crippen LogP contribution in [-0.4, -0.2) is 11.7 Å². The fraction of sp³-hybridized carbons (Fsp3) is 0.375. The Kier molecular flexibility index (Phi) is 6.58. The van der Waals surface area contributed by atoms with Gasteiger partial charge in [0.15, 0.2) is 0 Å². The van der Waals surface area contributed by atoms with Gasteiger partial charge in [-0.3, -0.25) is 0 Å². The minimum Gasteiger partial charge on any atom is -0.319 e. The lowest BCUT2D eigenvalue weighted by molar-refractivity contribution is -0.140. The second-order valence-corrected chi connectivity index (χ2v) is 4.68. The van der Waals surface area contributed by atoms with Gasteiger partial charge in [0, 0.05) is 6.92 Å². The van der Waals surface area contributed by atoms with Crippen LogP contribution in [0.3, 0.4) is 0 Å². The molecule has 0 saturated carbocycles. The van der Waals surface area contributed by atoms with E-state index >= 15 is 0 Å². The van der Waals surface area contributed by atoms with Crippen molar-refractivity contribution in [3.8, 4) is 0 Å². The predicted octanol–water partition coefficient (Wildman–Crippen LogP) is 3.89. The average Bonchev–Trinajstić information content (AvgIpc) is 2.38. The van der Waals surface area contributed by atoms with Gasteiger partial charge in [0.1, 0.15) is 0 Å². The van der Waals surface area contributed by atoms with Crippen molar-refractivity contribution in [1.82, 2.24) is 0 Å². The summed E-state index contributed by atoms with van der Waals surface area (Å²) in [6, 6.07) is 10.2. The van der Waals surface area contributed by atoms with E-state index in [1.54, 1.807) is 0 Å². The fourth-order valence-electron chi connectivity index (χ4n) is 1.64. The molecule has 19 heavy (non-hydrogen) atoms. The lowest BCUT2D eigenvalue weighted by Crippen LogP contribution is -2.04. The molecule has 102 valence electrons. The first-order valence-corrected chi connectivity index (χ1v) is 6.49. The Hall–Kier alpha value is -1.90. The molecule has 1 rings (SSSR count). The van der Waals surface area contributed by atoms with E-state index in [1.165, 1.54) is 12.5 Å². The van der Waals surface area contributed by atoms with Crippen molar-refractivity contribution in [3.05, 3.63) is 48.0 Å². The molecule has 0 radical (unpaired) electrons. The maximum Gasteiger partial charge on any atom is 0.331 e. The van der Waals surface area contributed by atoms with Gasteiger partial charge in [-0.1, -0.05) is 41.1 Å². The molecule has 3 nitrogen and oxygen atoms in total. The highest BCUT2D eigenvalue weighted by atomic mass is 16.7. The van der Waals surface area contributed by atoms with E-state index in [1.807, 2.05) is 25.1 Å². The summed E-state index contributed by atoms with van der Waals surface area (Å²) in [5.41, 5.74) is 3.27. The van der Waals surface area contributed by atoms with Gasteiger partial charge in [0.25, 0.3) is 0 Å². The molecule has 1 aromatic carbocycles. The third-order valence-corrected chi connectivity index (χ3v) is 2.69. The van der Waals surface area contributed by atoms with Gasteiger partial charge in [-0.15, -0.1) is 6.58 Å². The van der Waals surface area contributed by atoms with Crippen molar-refractivity contribution < 1.29 is 9.63 Å². The van der Waals surface area contributed by atoms with Crippen LogP contribution in [0.4, 0.5) is 0 Å². The van der Waals surface area contributed by atoms with E-state index < -0.39 is 0 Å². The Morgan fingerprint density at radius 1 is 1.16 bits per heavy atom. The molecule has 0 aliphatic rings. The van der Waals surface area contributed by atoms with Crippen LogP contribution in [0.15, 0.2) is 47.6 Å². The molecule has 3 heteroatoms. The van der Waals surface area contributed by atoms with Crippen molar-refractivity contribution in [2.24, 2.45) is 5.16 Å². The minimum absolute atomic E-state index is 0.382. The molecule has 0 bridgehead atoms. The SMILES string of the molecule is C=C(C)CC/C(CCc1ccccc1)=N/OC(C)=O. The molecule has 0 saturated heterocycles. The van der Waals surface area contributed by atoms with Crippen LogP contribution in [-0.2, 0) is 16.1 Å². The van der Waals surface area contributed by atoms with E-state index in [4.69, 9.17) is 4.84 Å². The van der Waals surface area contributed by atoms with Crippen LogP contribution < -0.4 is 0 Å². The van der Waals surface area contributed by atoms with Crippen molar-refractivity contribution in [1.29, 1.82) is 0 Å². The monoisotopic (exact) mass is 259 g/mol. The fourth-order valence-corrected chi connectivity index (χ4v) is 1.64. The number of hydrogen-bond donors (Lipinski definition) is 0. The summed E-state index contributed by atoms with van der Waals surface area (Å²) >= 11 is 0. The molecule has 0 fully saturated rings. The number of rotatable bonds is 7. The summed E-state index contributed by atoms with van der Waals surface area (Å²) in [6.07, 6.45) is 3.35. The van der Waals surface area contributed by atoms with Crippen molar-refractivity contribution in [2.75, 3.05) is 0 Å². The second kappa shape index (κ2) is 8.25. The van der Waals surface area contributed by atoms with Crippen LogP contribution in [0.1, 0.15) is 38.7 Å². The number of oxime groups is 1. The van der Waals surface area contributed by atoms with Gasteiger partial charge in [0.05, 0.1) is 5.71 Å². The van der Waals surface area contributed by atoms with Crippen LogP contribution >= 0.6 is 0 Å². The Morgan fingerprint density at radius 3 is 2.42 bits per heavy atom. The molecule has 0 aliphatic carbocycles. The molecule has 0 spiro atoms. The smallest absolute Gasteiger partial charge is 0.319 e. The first-order chi connectivity index (χ1) is 9.08. The Morgan fingerprint density at radius 2 is 1.84 bits per heavy atom. The number of hydrogen-bond acceptors (Lipinski definition) is 3. The van der Waals surface area contributed by atoms with Crippen molar-refractivity contribution >= 4 is 11.7 Å². The summed E-state index contributed by atoms with van der Waals surface area (Å²) in [4.78, 5) is 15.6. The van der Waals surface area contributed by atoms with Crippen molar-refractivity contribution in [3.63, 3.8) is 0 Å². The molecule has 0 heterocycles. The van der Waals surface area contributed by atoms with E-state index in [-0.39, 0.29) is 5.97 Å². The van der Waals surface area contributed by atoms with Gasteiger partial charge in [0.2, 0.25) is 0 Å². The van der Waals surface area contributed by atoms with Gasteiger partial charge in [-0.25, -0.2) is 4.79 Å². The maximum absolute atomic E-state index is 10.8. The molecule has 0 aromatic heterocycles. The second-order valence-electron chi connectivity index (χ2n) is 4.68. The van der Waals surface area contributed by atoms with Crippen LogP contribution in [0.25, 0.3) is 0 Å². The van der Waals surface area contributed by atoms with Crippen molar-refractivity contribution in [2.45, 2.75) is 39.5 Å². The summed E-state index contributed by atoms with van der Waals surface area (Å²) in [5.74, 6) is -0.382. The first kappa shape index (κ1) is 15.2. The van der Waals surface area contributed by atoms with Crippen LogP contribution in [0.2, 0.25) is 0 Å². The minimum atomic E-state index is -0.382. The van der Waals surface area contributed by atoms with E-state index in [2.05, 4.69) is 23.9 Å². The van der Waals surface area contributed by atoms with E-state index in [0.717, 1.165) is 37.0 Å². The Labute approximate surface area is 115 Å². The molecular formula is C16H21NO2. The van der Waals surface area contributed by atoms with Crippen LogP contribution in [0, 0.1) is 0 Å². The van der Waals surface area contributed by atoms with E-state index in [9.17, 15) is 4.79 Å². The van der Waals surface area contributed by atoms with Crippen LogP contribution in [0.5, 0.6) is 0 Å². The highest BCUT2D eigenvalue weighted by molar-refractivity contribution is 5.85. The normalized spacial score (nSPS) is 11.2. The zero-order chi connectivity index (χ0) is 14.1. The number of nitrogens with zero attached hydrogens (tertiary/aromatic N) is 1. The molecule has 0 unspecified atom stereocenters. The largest absolute Gasteiger partial charge is 0.331 e. The highest BCUT2D eigenvalue weighted by Crippen LogP contribution is 2.09. The molecule has 0 N–H and O–H groups in total. The van der Waals surface area contributed by atoms with Gasteiger partial charge in [-0.2, -0.15) is 0 Å². The summed E-state index contributed by atoms with van der Waals surface area (Å²) in [6.45, 7) is 7.22. The number of allylic oxidation sites excluding steroid dienone is 1. The lowest BCUT2D eigenvalue weighted by Gasteiger charge is -2.06. The number of aryl methyl sites for hydroxylation is 1. The third-order valence-electron chi connectivity index (χ3n) is 2.69. The zero-order valence-electron chi connectivity index (χ0n) is 11.7. The Balaban J connectivity index is 2.55. The first-order valence-electron chi connectivity index (χ1n) is 6.49. The van der Waals surface area contributed by atoms with Gasteiger partial charge >= 0.3 is 5.97 Å². The molecule has 1 aromatic rings.